The van der Waals surface area contributed by atoms with Crippen molar-refractivity contribution >= 4 is 11.5 Å². The van der Waals surface area contributed by atoms with Crippen LogP contribution in [0.1, 0.15) is 19.8 Å². The molecular formula is C11H17N7. The third kappa shape index (κ3) is 2.13. The molecule has 0 aliphatic carbocycles. The fraction of sp³-hybridized carbons (Fsp3) is 0.636. The summed E-state index contributed by atoms with van der Waals surface area (Å²) in [5, 5.41) is 14.8. The van der Waals surface area contributed by atoms with Crippen LogP contribution in [0.5, 0.6) is 0 Å². The number of aromatic nitrogens is 5. The molecule has 0 spiro atoms. The van der Waals surface area contributed by atoms with E-state index in [1.807, 2.05) is 0 Å². The van der Waals surface area contributed by atoms with Crippen LogP contribution in [-0.2, 0) is 0 Å². The smallest absolute Gasteiger partial charge is 0.199 e. The van der Waals surface area contributed by atoms with Gasteiger partial charge < -0.3 is 5.32 Å². The van der Waals surface area contributed by atoms with Crippen molar-refractivity contribution in [2.45, 2.75) is 25.8 Å². The van der Waals surface area contributed by atoms with E-state index in [-0.39, 0.29) is 0 Å². The van der Waals surface area contributed by atoms with Crippen LogP contribution in [-0.4, -0.2) is 55.6 Å². The summed E-state index contributed by atoms with van der Waals surface area (Å²) in [6.45, 7) is 5.53. The van der Waals surface area contributed by atoms with Gasteiger partial charge in [-0.1, -0.05) is 0 Å². The predicted molar refractivity (Wildman–Crippen MR) is 67.3 cm³/mol. The van der Waals surface area contributed by atoms with Crippen molar-refractivity contribution in [2.75, 3.05) is 25.0 Å². The SMILES string of the molecule is CC(CNc1cncc2nnnn12)N1CCCC1. The summed E-state index contributed by atoms with van der Waals surface area (Å²) in [5.41, 5.74) is 0.661. The number of likely N-dealkylation sites (tertiary alicyclic amines) is 1. The van der Waals surface area contributed by atoms with Crippen LogP contribution in [0.3, 0.4) is 0 Å². The molecule has 1 fully saturated rings. The first-order valence-corrected chi connectivity index (χ1v) is 6.34. The molecule has 18 heavy (non-hydrogen) atoms. The van der Waals surface area contributed by atoms with Crippen LogP contribution in [0.2, 0.25) is 0 Å². The molecule has 1 unspecified atom stereocenters. The van der Waals surface area contributed by atoms with Crippen LogP contribution in [0.4, 0.5) is 5.82 Å². The third-order valence-corrected chi connectivity index (χ3v) is 3.45. The van der Waals surface area contributed by atoms with Crippen LogP contribution >= 0.6 is 0 Å². The van der Waals surface area contributed by atoms with Gasteiger partial charge in [-0.2, -0.15) is 4.52 Å². The first kappa shape index (κ1) is 11.3. The summed E-state index contributed by atoms with van der Waals surface area (Å²) >= 11 is 0. The van der Waals surface area contributed by atoms with Crippen LogP contribution in [0.25, 0.3) is 5.65 Å². The third-order valence-electron chi connectivity index (χ3n) is 3.45. The molecular weight excluding hydrogens is 230 g/mol. The topological polar surface area (TPSA) is 71.2 Å². The second kappa shape index (κ2) is 4.85. The quantitative estimate of drug-likeness (QED) is 0.844. The fourth-order valence-electron chi connectivity index (χ4n) is 2.36. The molecule has 2 aromatic rings. The van der Waals surface area contributed by atoms with Gasteiger partial charge in [0.25, 0.3) is 0 Å². The summed E-state index contributed by atoms with van der Waals surface area (Å²) in [6, 6.07) is 0.513. The highest BCUT2D eigenvalue weighted by Gasteiger charge is 2.17. The second-order valence-corrected chi connectivity index (χ2v) is 4.71. The number of tetrazole rings is 1. The minimum absolute atomic E-state index is 0.513. The molecule has 0 amide bonds. The van der Waals surface area contributed by atoms with Crippen molar-refractivity contribution in [1.82, 2.24) is 29.9 Å². The van der Waals surface area contributed by atoms with E-state index in [1.54, 1.807) is 16.9 Å². The molecule has 1 aliphatic heterocycles. The Hall–Kier alpha value is -1.76. The number of hydrogen-bond donors (Lipinski definition) is 1. The zero-order valence-corrected chi connectivity index (χ0v) is 10.5. The van der Waals surface area contributed by atoms with Gasteiger partial charge in [-0.3, -0.25) is 9.88 Å². The Morgan fingerprint density at radius 1 is 1.33 bits per heavy atom. The zero-order valence-electron chi connectivity index (χ0n) is 10.5. The number of nitrogens with one attached hydrogen (secondary N) is 1. The largest absolute Gasteiger partial charge is 0.367 e. The fourth-order valence-corrected chi connectivity index (χ4v) is 2.36. The summed E-state index contributed by atoms with van der Waals surface area (Å²) in [5.74, 6) is 0.837. The highest BCUT2D eigenvalue weighted by atomic mass is 15.5. The van der Waals surface area contributed by atoms with Gasteiger partial charge in [0.1, 0.15) is 5.82 Å². The van der Waals surface area contributed by atoms with Crippen LogP contribution < -0.4 is 5.32 Å². The summed E-state index contributed by atoms with van der Waals surface area (Å²) < 4.78 is 1.67. The Morgan fingerprint density at radius 3 is 3.00 bits per heavy atom. The van der Waals surface area contributed by atoms with Crippen molar-refractivity contribution in [3.63, 3.8) is 0 Å². The van der Waals surface area contributed by atoms with E-state index in [9.17, 15) is 0 Å². The molecule has 7 heteroatoms. The Morgan fingerprint density at radius 2 is 2.17 bits per heavy atom. The van der Waals surface area contributed by atoms with Crippen molar-refractivity contribution in [1.29, 1.82) is 0 Å². The average molecular weight is 247 g/mol. The number of nitrogens with zero attached hydrogens (tertiary/aromatic N) is 6. The molecule has 3 heterocycles. The molecule has 0 saturated carbocycles. The Labute approximate surface area is 105 Å². The minimum atomic E-state index is 0.513. The lowest BCUT2D eigenvalue weighted by Crippen LogP contribution is -2.35. The second-order valence-electron chi connectivity index (χ2n) is 4.71. The minimum Gasteiger partial charge on any atom is -0.367 e. The van der Waals surface area contributed by atoms with Gasteiger partial charge in [0, 0.05) is 12.6 Å². The van der Waals surface area contributed by atoms with E-state index in [0.717, 1.165) is 12.4 Å². The van der Waals surface area contributed by atoms with Crippen molar-refractivity contribution in [3.05, 3.63) is 12.4 Å². The van der Waals surface area contributed by atoms with E-state index in [4.69, 9.17) is 0 Å². The molecule has 7 nitrogen and oxygen atoms in total. The molecule has 0 radical (unpaired) electrons. The highest BCUT2D eigenvalue weighted by molar-refractivity contribution is 5.43. The van der Waals surface area contributed by atoms with E-state index < -0.39 is 0 Å². The lowest BCUT2D eigenvalue weighted by Gasteiger charge is -2.24. The molecule has 0 aromatic carbocycles. The molecule has 96 valence electrons. The van der Waals surface area contributed by atoms with Crippen molar-refractivity contribution < 1.29 is 0 Å². The van der Waals surface area contributed by atoms with E-state index in [1.165, 1.54) is 25.9 Å². The van der Waals surface area contributed by atoms with Crippen molar-refractivity contribution in [2.24, 2.45) is 0 Å². The first-order chi connectivity index (χ1) is 8.84. The summed E-state index contributed by atoms with van der Waals surface area (Å²) in [6.07, 6.45) is 6.03. The predicted octanol–water partition coefficient (Wildman–Crippen LogP) is 0.415. The van der Waals surface area contributed by atoms with E-state index >= 15 is 0 Å². The van der Waals surface area contributed by atoms with Crippen LogP contribution in [0, 0.1) is 0 Å². The van der Waals surface area contributed by atoms with E-state index in [0.29, 0.717) is 11.7 Å². The van der Waals surface area contributed by atoms with E-state index in [2.05, 4.69) is 37.6 Å². The molecule has 2 aromatic heterocycles. The maximum absolute atomic E-state index is 4.12. The van der Waals surface area contributed by atoms with Gasteiger partial charge in [0.2, 0.25) is 0 Å². The van der Waals surface area contributed by atoms with Crippen molar-refractivity contribution in [3.8, 4) is 0 Å². The monoisotopic (exact) mass is 247 g/mol. The Balaban J connectivity index is 1.67. The number of rotatable bonds is 4. The molecule has 1 saturated heterocycles. The van der Waals surface area contributed by atoms with Crippen LogP contribution in [0.15, 0.2) is 12.4 Å². The normalized spacial score (nSPS) is 18.3. The molecule has 0 bridgehead atoms. The van der Waals surface area contributed by atoms with Gasteiger partial charge in [-0.25, -0.2) is 0 Å². The van der Waals surface area contributed by atoms with Gasteiger partial charge in [-0.05, 0) is 43.3 Å². The summed E-state index contributed by atoms with van der Waals surface area (Å²) in [4.78, 5) is 6.62. The standard InChI is InChI=1S/C11H17N7/c1-9(17-4-2-3-5-17)6-13-10-7-12-8-11-14-15-16-18(10)11/h7-9,13H,2-6H2,1H3. The molecule has 3 rings (SSSR count). The Bertz CT molecular complexity index is 517. The highest BCUT2D eigenvalue weighted by Crippen LogP contribution is 2.12. The van der Waals surface area contributed by atoms with Gasteiger partial charge >= 0.3 is 0 Å². The maximum atomic E-state index is 4.12. The number of hydrogen-bond acceptors (Lipinski definition) is 6. The lowest BCUT2D eigenvalue weighted by molar-refractivity contribution is 0.269. The van der Waals surface area contributed by atoms with Gasteiger partial charge in [0.15, 0.2) is 5.65 Å². The zero-order chi connectivity index (χ0) is 12.4. The van der Waals surface area contributed by atoms with Gasteiger partial charge in [-0.15, -0.1) is 5.10 Å². The average Bonchev–Trinajstić information content (AvgIpc) is 3.05. The van der Waals surface area contributed by atoms with Gasteiger partial charge in [0.05, 0.1) is 12.4 Å². The number of anilines is 1. The lowest BCUT2D eigenvalue weighted by atomic mass is 10.3. The summed E-state index contributed by atoms with van der Waals surface area (Å²) in [7, 11) is 0. The Kier molecular flexibility index (Phi) is 3.06. The number of fused-ring (bicyclic) bond motifs is 1. The first-order valence-electron chi connectivity index (χ1n) is 6.34. The maximum Gasteiger partial charge on any atom is 0.199 e. The molecule has 1 atom stereocenters. The molecule has 1 N–H and O–H groups in total. The molecule has 1 aliphatic rings.